The Kier molecular flexibility index (Phi) is 6.36. The van der Waals surface area contributed by atoms with Gasteiger partial charge in [0.05, 0.1) is 10.6 Å². The van der Waals surface area contributed by atoms with Gasteiger partial charge >= 0.3 is 0 Å². The van der Waals surface area contributed by atoms with Crippen LogP contribution in [0.25, 0.3) is 11.4 Å². The Morgan fingerprint density at radius 1 is 1.17 bits per heavy atom. The topological polar surface area (TPSA) is 108 Å². The Hall–Kier alpha value is -2.69. The molecule has 1 amide bonds. The molecule has 0 aliphatic carbocycles. The lowest BCUT2D eigenvalue weighted by atomic mass is 10.2. The largest absolute Gasteiger partial charge is 0.325 e. The number of thioether (sulfide) groups is 1. The third-order valence-corrected chi connectivity index (χ3v) is 6.88. The zero-order valence-corrected chi connectivity index (χ0v) is 17.8. The third kappa shape index (κ3) is 5.03. The maximum Gasteiger partial charge on any atom is 0.242 e. The minimum absolute atomic E-state index is 0.0930. The normalized spacial score (nSPS) is 11.6. The van der Waals surface area contributed by atoms with Crippen LogP contribution < -0.4 is 5.32 Å². The number of nitrogens with zero attached hydrogens (tertiary/aromatic N) is 3. The summed E-state index contributed by atoms with van der Waals surface area (Å²) < 4.78 is 26.0. The maximum atomic E-state index is 12.4. The fourth-order valence-electron chi connectivity index (χ4n) is 2.52. The van der Waals surface area contributed by atoms with E-state index in [1.54, 1.807) is 19.1 Å². The minimum atomic E-state index is -3.59. The van der Waals surface area contributed by atoms with E-state index in [0.717, 1.165) is 9.87 Å². The summed E-state index contributed by atoms with van der Waals surface area (Å²) in [4.78, 5) is 16.8. The number of benzene rings is 2. The van der Waals surface area contributed by atoms with Crippen LogP contribution in [-0.4, -0.2) is 53.7 Å². The highest BCUT2D eigenvalue weighted by atomic mass is 32.2. The number of nitrogens with one attached hydrogen (secondary N) is 2. The van der Waals surface area contributed by atoms with Gasteiger partial charge in [0.15, 0.2) is 5.82 Å². The molecule has 0 unspecified atom stereocenters. The van der Waals surface area contributed by atoms with Gasteiger partial charge < -0.3 is 5.32 Å². The highest BCUT2D eigenvalue weighted by Gasteiger charge is 2.20. The van der Waals surface area contributed by atoms with Crippen LogP contribution in [0.15, 0.2) is 58.6 Å². The number of aryl methyl sites for hydroxylation is 1. The van der Waals surface area contributed by atoms with Gasteiger partial charge in [-0.3, -0.25) is 9.89 Å². The molecule has 0 aliphatic rings. The molecule has 2 N–H and O–H groups in total. The van der Waals surface area contributed by atoms with Gasteiger partial charge in [0.25, 0.3) is 0 Å². The molecule has 1 heterocycles. The Bertz CT molecular complexity index is 1110. The van der Waals surface area contributed by atoms with E-state index >= 15 is 0 Å². The van der Waals surface area contributed by atoms with Gasteiger partial charge in [0.1, 0.15) is 0 Å². The van der Waals surface area contributed by atoms with Crippen LogP contribution >= 0.6 is 11.8 Å². The molecule has 8 nitrogen and oxygen atoms in total. The summed E-state index contributed by atoms with van der Waals surface area (Å²) in [5, 5.41) is 10.1. The second-order valence-electron chi connectivity index (χ2n) is 6.44. The van der Waals surface area contributed by atoms with Crippen LogP contribution in [0.4, 0.5) is 5.69 Å². The summed E-state index contributed by atoms with van der Waals surface area (Å²) in [7, 11) is -0.653. The van der Waals surface area contributed by atoms with Crippen molar-refractivity contribution in [2.75, 3.05) is 25.2 Å². The molecule has 2 aromatic carbocycles. The first-order valence-corrected chi connectivity index (χ1v) is 11.1. The highest BCUT2D eigenvalue weighted by Crippen LogP contribution is 2.23. The predicted molar refractivity (Wildman–Crippen MR) is 113 cm³/mol. The Labute approximate surface area is 173 Å². The number of anilines is 1. The molecular weight excluding hydrogens is 410 g/mol. The molecular formula is C19H21N5O3S2. The van der Waals surface area contributed by atoms with Gasteiger partial charge in [0.2, 0.25) is 21.1 Å². The lowest BCUT2D eigenvalue weighted by Crippen LogP contribution is -2.23. The van der Waals surface area contributed by atoms with Crippen LogP contribution in [0.2, 0.25) is 0 Å². The molecule has 0 atom stereocenters. The van der Waals surface area contributed by atoms with E-state index in [4.69, 9.17) is 0 Å². The van der Waals surface area contributed by atoms with Gasteiger partial charge in [-0.05, 0) is 24.6 Å². The van der Waals surface area contributed by atoms with Crippen molar-refractivity contribution in [2.45, 2.75) is 17.0 Å². The summed E-state index contributed by atoms with van der Waals surface area (Å²) in [5.41, 5.74) is 1.94. The SMILES string of the molecule is Cc1ccc(NC(=O)CSc2n[nH]c(-c3ccccc3)n2)cc1S(=O)(=O)N(C)C. The molecule has 0 spiro atoms. The van der Waals surface area contributed by atoms with Crippen LogP contribution in [-0.2, 0) is 14.8 Å². The van der Waals surface area contributed by atoms with E-state index in [1.165, 1.54) is 31.9 Å². The van der Waals surface area contributed by atoms with Crippen LogP contribution in [0, 0.1) is 6.92 Å². The summed E-state index contributed by atoms with van der Waals surface area (Å²) in [6.45, 7) is 1.71. The van der Waals surface area contributed by atoms with Crippen molar-refractivity contribution in [1.82, 2.24) is 19.5 Å². The second-order valence-corrected chi connectivity index (χ2v) is 9.50. The molecule has 0 saturated carbocycles. The zero-order valence-electron chi connectivity index (χ0n) is 16.2. The van der Waals surface area contributed by atoms with Crippen LogP contribution in [0.3, 0.4) is 0 Å². The van der Waals surface area contributed by atoms with Crippen molar-refractivity contribution >= 4 is 33.4 Å². The number of carbonyl (C=O) groups excluding carboxylic acids is 1. The molecule has 0 saturated heterocycles. The van der Waals surface area contributed by atoms with Crippen molar-refractivity contribution in [3.63, 3.8) is 0 Å². The van der Waals surface area contributed by atoms with Gasteiger partial charge in [-0.1, -0.05) is 48.2 Å². The van der Waals surface area contributed by atoms with Crippen molar-refractivity contribution in [3.05, 3.63) is 54.1 Å². The number of hydrogen-bond donors (Lipinski definition) is 2. The lowest BCUT2D eigenvalue weighted by Gasteiger charge is -2.15. The van der Waals surface area contributed by atoms with Crippen LogP contribution in [0.5, 0.6) is 0 Å². The number of aromatic nitrogens is 3. The smallest absolute Gasteiger partial charge is 0.242 e. The van der Waals surface area contributed by atoms with Crippen molar-refractivity contribution < 1.29 is 13.2 Å². The fraction of sp³-hybridized carbons (Fsp3) is 0.211. The number of rotatable bonds is 7. The molecule has 3 aromatic rings. The fourth-order valence-corrected chi connectivity index (χ4v) is 4.26. The number of aromatic amines is 1. The second kappa shape index (κ2) is 8.76. The first-order valence-electron chi connectivity index (χ1n) is 8.71. The lowest BCUT2D eigenvalue weighted by molar-refractivity contribution is -0.113. The van der Waals surface area contributed by atoms with E-state index in [0.29, 0.717) is 22.2 Å². The molecule has 1 aromatic heterocycles. The predicted octanol–water partition coefficient (Wildman–Crippen LogP) is 2.76. The molecule has 152 valence electrons. The third-order valence-electron chi connectivity index (χ3n) is 4.08. The average molecular weight is 432 g/mol. The average Bonchev–Trinajstić information content (AvgIpc) is 3.17. The summed E-state index contributed by atoms with van der Waals surface area (Å²) >= 11 is 1.19. The Morgan fingerprint density at radius 3 is 2.59 bits per heavy atom. The van der Waals surface area contributed by atoms with Crippen molar-refractivity contribution in [1.29, 1.82) is 0 Å². The molecule has 29 heavy (non-hydrogen) atoms. The Morgan fingerprint density at radius 2 is 1.90 bits per heavy atom. The van der Waals surface area contributed by atoms with Crippen LogP contribution in [0.1, 0.15) is 5.56 Å². The highest BCUT2D eigenvalue weighted by molar-refractivity contribution is 7.99. The number of carbonyl (C=O) groups is 1. The van der Waals surface area contributed by atoms with E-state index in [1.807, 2.05) is 30.3 Å². The standard InChI is InChI=1S/C19H21N5O3S2/c1-13-9-10-15(11-16(13)29(26,27)24(2)3)20-17(25)12-28-19-21-18(22-23-19)14-7-5-4-6-8-14/h4-11H,12H2,1-3H3,(H,20,25)(H,21,22,23). The Balaban J connectivity index is 1.64. The molecule has 0 radical (unpaired) electrons. The monoisotopic (exact) mass is 431 g/mol. The van der Waals surface area contributed by atoms with Gasteiger partial charge in [0, 0.05) is 25.3 Å². The first kappa shape index (κ1) is 21.0. The zero-order chi connectivity index (χ0) is 21.0. The first-order chi connectivity index (χ1) is 13.8. The number of hydrogen-bond acceptors (Lipinski definition) is 6. The van der Waals surface area contributed by atoms with E-state index in [-0.39, 0.29) is 16.6 Å². The van der Waals surface area contributed by atoms with Crippen molar-refractivity contribution in [2.24, 2.45) is 0 Å². The van der Waals surface area contributed by atoms with Crippen molar-refractivity contribution in [3.8, 4) is 11.4 Å². The summed E-state index contributed by atoms with van der Waals surface area (Å²) in [5.74, 6) is 0.444. The van der Waals surface area contributed by atoms with E-state index in [2.05, 4.69) is 20.5 Å². The quantitative estimate of drug-likeness (QED) is 0.557. The van der Waals surface area contributed by atoms with Gasteiger partial charge in [-0.2, -0.15) is 0 Å². The summed E-state index contributed by atoms with van der Waals surface area (Å²) in [6, 6.07) is 14.4. The van der Waals surface area contributed by atoms with Gasteiger partial charge in [-0.25, -0.2) is 17.7 Å². The van der Waals surface area contributed by atoms with Gasteiger partial charge in [-0.15, -0.1) is 5.10 Å². The number of sulfonamides is 1. The molecule has 3 rings (SSSR count). The van der Waals surface area contributed by atoms with E-state index < -0.39 is 10.0 Å². The minimum Gasteiger partial charge on any atom is -0.325 e. The summed E-state index contributed by atoms with van der Waals surface area (Å²) in [6.07, 6.45) is 0. The maximum absolute atomic E-state index is 12.4. The molecule has 0 fully saturated rings. The number of H-pyrrole nitrogens is 1. The molecule has 0 aliphatic heterocycles. The molecule has 10 heteroatoms. The van der Waals surface area contributed by atoms with E-state index in [9.17, 15) is 13.2 Å². The number of amides is 1. The molecule has 0 bridgehead atoms.